The molecule has 0 spiro atoms. The van der Waals surface area contributed by atoms with E-state index in [9.17, 15) is 4.79 Å². The Morgan fingerprint density at radius 1 is 1.16 bits per heavy atom. The average molecular weight is 260 g/mol. The highest BCUT2D eigenvalue weighted by atomic mass is 16.4. The van der Waals surface area contributed by atoms with Gasteiger partial charge in [0.15, 0.2) is 0 Å². The summed E-state index contributed by atoms with van der Waals surface area (Å²) in [5.41, 5.74) is 1.93. The second kappa shape index (κ2) is 6.12. The summed E-state index contributed by atoms with van der Waals surface area (Å²) in [5.74, 6) is 5.44. The summed E-state index contributed by atoms with van der Waals surface area (Å²) < 4.78 is 0. The summed E-state index contributed by atoms with van der Waals surface area (Å²) in [6.07, 6.45) is -0.853. The number of anilines is 1. The van der Waals surface area contributed by atoms with Crippen molar-refractivity contribution >= 4 is 11.8 Å². The Kier molecular flexibility index (Phi) is 4.26. The average Bonchev–Trinajstić information content (AvgIpc) is 2.46. The zero-order valence-electron chi connectivity index (χ0n) is 10.5. The Morgan fingerprint density at radius 3 is 2.32 bits per heavy atom. The van der Waals surface area contributed by atoms with Gasteiger partial charge in [-0.3, -0.25) is 0 Å². The normalized spacial score (nSPS) is 14.8. The molecule has 0 radical (unpaired) electrons. The van der Waals surface area contributed by atoms with Crippen LogP contribution in [0.15, 0.2) is 24.3 Å². The smallest absolute Gasteiger partial charge is 0.407 e. The van der Waals surface area contributed by atoms with Gasteiger partial charge < -0.3 is 20.0 Å². The third-order valence-corrected chi connectivity index (χ3v) is 3.09. The fourth-order valence-corrected chi connectivity index (χ4v) is 2.05. The highest BCUT2D eigenvalue weighted by Gasteiger charge is 2.20. The van der Waals surface area contributed by atoms with Gasteiger partial charge in [0.2, 0.25) is 0 Å². The molecule has 1 saturated heterocycles. The lowest BCUT2D eigenvalue weighted by atomic mass is 10.2. The number of hydrogen-bond donors (Lipinski definition) is 2. The molecule has 1 aromatic rings. The van der Waals surface area contributed by atoms with E-state index in [-0.39, 0.29) is 6.61 Å². The van der Waals surface area contributed by atoms with E-state index in [1.54, 1.807) is 0 Å². The minimum absolute atomic E-state index is 0.140. The molecule has 1 heterocycles. The van der Waals surface area contributed by atoms with Gasteiger partial charge in [-0.25, -0.2) is 4.79 Å². The molecule has 19 heavy (non-hydrogen) atoms. The molecule has 100 valence electrons. The summed E-state index contributed by atoms with van der Waals surface area (Å²) in [6, 6.07) is 7.75. The molecule has 1 fully saturated rings. The zero-order valence-corrected chi connectivity index (χ0v) is 10.5. The fourth-order valence-electron chi connectivity index (χ4n) is 2.05. The molecule has 0 aliphatic carbocycles. The summed E-state index contributed by atoms with van der Waals surface area (Å²) >= 11 is 0. The lowest BCUT2D eigenvalue weighted by Gasteiger charge is -2.34. The SMILES string of the molecule is O=C(O)N1CCN(c2ccc(C#CCO)cc2)CC1. The van der Waals surface area contributed by atoms with Crippen LogP contribution in [0.5, 0.6) is 0 Å². The largest absolute Gasteiger partial charge is 0.465 e. The molecule has 0 unspecified atom stereocenters. The van der Waals surface area contributed by atoms with Crippen molar-refractivity contribution in [2.45, 2.75) is 0 Å². The van der Waals surface area contributed by atoms with Gasteiger partial charge in [-0.05, 0) is 24.3 Å². The number of aliphatic hydroxyl groups is 1. The third-order valence-electron chi connectivity index (χ3n) is 3.09. The van der Waals surface area contributed by atoms with Crippen LogP contribution in [0.3, 0.4) is 0 Å². The predicted molar refractivity (Wildman–Crippen MR) is 72.2 cm³/mol. The van der Waals surface area contributed by atoms with Crippen molar-refractivity contribution in [2.75, 3.05) is 37.7 Å². The number of piperazine rings is 1. The molecule has 0 bridgehead atoms. The van der Waals surface area contributed by atoms with Gasteiger partial charge in [0.1, 0.15) is 6.61 Å². The molecule has 5 nitrogen and oxygen atoms in total. The second-order valence-corrected chi connectivity index (χ2v) is 4.26. The zero-order chi connectivity index (χ0) is 13.7. The molecular weight excluding hydrogens is 244 g/mol. The first kappa shape index (κ1) is 13.2. The maximum Gasteiger partial charge on any atom is 0.407 e. The van der Waals surface area contributed by atoms with Gasteiger partial charge in [-0.15, -0.1) is 0 Å². The maximum absolute atomic E-state index is 10.8. The Hall–Kier alpha value is -2.19. The van der Waals surface area contributed by atoms with Gasteiger partial charge in [0, 0.05) is 37.4 Å². The van der Waals surface area contributed by atoms with Gasteiger partial charge in [0.25, 0.3) is 0 Å². The molecule has 1 amide bonds. The number of hydrogen-bond acceptors (Lipinski definition) is 3. The summed E-state index contributed by atoms with van der Waals surface area (Å²) in [7, 11) is 0. The Balaban J connectivity index is 1.98. The van der Waals surface area contributed by atoms with Crippen LogP contribution in [0, 0.1) is 11.8 Å². The van der Waals surface area contributed by atoms with E-state index in [0.717, 1.165) is 11.3 Å². The fraction of sp³-hybridized carbons (Fsp3) is 0.357. The molecular formula is C14H16N2O3. The monoisotopic (exact) mass is 260 g/mol. The number of rotatable bonds is 1. The van der Waals surface area contributed by atoms with Gasteiger partial charge in [-0.2, -0.15) is 0 Å². The Morgan fingerprint density at radius 2 is 1.79 bits per heavy atom. The summed E-state index contributed by atoms with van der Waals surface area (Å²) in [5, 5.41) is 17.5. The molecule has 2 N–H and O–H groups in total. The van der Waals surface area contributed by atoms with Crippen molar-refractivity contribution in [3.05, 3.63) is 29.8 Å². The van der Waals surface area contributed by atoms with Crippen LogP contribution in [-0.2, 0) is 0 Å². The van der Waals surface area contributed by atoms with E-state index in [4.69, 9.17) is 10.2 Å². The van der Waals surface area contributed by atoms with Crippen molar-refractivity contribution in [3.8, 4) is 11.8 Å². The Bertz CT molecular complexity index is 494. The topological polar surface area (TPSA) is 64.0 Å². The van der Waals surface area contributed by atoms with E-state index in [2.05, 4.69) is 16.7 Å². The van der Waals surface area contributed by atoms with Crippen molar-refractivity contribution in [3.63, 3.8) is 0 Å². The van der Waals surface area contributed by atoms with E-state index < -0.39 is 6.09 Å². The number of amides is 1. The maximum atomic E-state index is 10.8. The van der Waals surface area contributed by atoms with Crippen LogP contribution in [0.2, 0.25) is 0 Å². The number of carbonyl (C=O) groups is 1. The number of benzene rings is 1. The van der Waals surface area contributed by atoms with Crippen LogP contribution in [0.1, 0.15) is 5.56 Å². The minimum atomic E-state index is -0.853. The number of nitrogens with zero attached hydrogens (tertiary/aromatic N) is 2. The van der Waals surface area contributed by atoms with Crippen LogP contribution in [0.4, 0.5) is 10.5 Å². The number of aliphatic hydroxyl groups excluding tert-OH is 1. The van der Waals surface area contributed by atoms with Gasteiger partial charge in [0.05, 0.1) is 0 Å². The molecule has 0 atom stereocenters. The molecule has 1 aliphatic heterocycles. The first-order valence-corrected chi connectivity index (χ1v) is 6.13. The highest BCUT2D eigenvalue weighted by molar-refractivity contribution is 5.65. The first-order valence-electron chi connectivity index (χ1n) is 6.13. The van der Waals surface area contributed by atoms with Gasteiger partial charge in [-0.1, -0.05) is 11.8 Å². The van der Waals surface area contributed by atoms with Crippen molar-refractivity contribution in [1.82, 2.24) is 4.90 Å². The van der Waals surface area contributed by atoms with Crippen LogP contribution >= 0.6 is 0 Å². The van der Waals surface area contributed by atoms with E-state index in [1.807, 2.05) is 24.3 Å². The van der Waals surface area contributed by atoms with Crippen molar-refractivity contribution < 1.29 is 15.0 Å². The van der Waals surface area contributed by atoms with Crippen molar-refractivity contribution in [1.29, 1.82) is 0 Å². The molecule has 1 aliphatic rings. The standard InChI is InChI=1S/C14H16N2O3/c17-11-1-2-12-3-5-13(6-4-12)15-7-9-16(10-8-15)14(18)19/h3-6,17H,7-11H2,(H,18,19). The number of carboxylic acid groups (broad SMARTS) is 1. The summed E-state index contributed by atoms with van der Waals surface area (Å²) in [6.45, 7) is 2.32. The molecule has 2 rings (SSSR count). The first-order chi connectivity index (χ1) is 9.20. The van der Waals surface area contributed by atoms with Crippen LogP contribution < -0.4 is 4.90 Å². The van der Waals surface area contributed by atoms with Crippen molar-refractivity contribution in [2.24, 2.45) is 0 Å². The second-order valence-electron chi connectivity index (χ2n) is 4.26. The van der Waals surface area contributed by atoms with Crippen LogP contribution in [0.25, 0.3) is 0 Å². The van der Waals surface area contributed by atoms with Crippen LogP contribution in [-0.4, -0.2) is 54.0 Å². The lowest BCUT2D eigenvalue weighted by Crippen LogP contribution is -2.48. The lowest BCUT2D eigenvalue weighted by molar-refractivity contribution is 0.142. The van der Waals surface area contributed by atoms with E-state index in [1.165, 1.54) is 4.90 Å². The Labute approximate surface area is 112 Å². The molecule has 5 heteroatoms. The molecule has 0 saturated carbocycles. The molecule has 0 aromatic heterocycles. The quantitative estimate of drug-likeness (QED) is 0.734. The highest BCUT2D eigenvalue weighted by Crippen LogP contribution is 2.17. The minimum Gasteiger partial charge on any atom is -0.465 e. The molecule has 1 aromatic carbocycles. The third kappa shape index (κ3) is 3.39. The van der Waals surface area contributed by atoms with E-state index in [0.29, 0.717) is 26.2 Å². The predicted octanol–water partition coefficient (Wildman–Crippen LogP) is 0.830. The van der Waals surface area contributed by atoms with Gasteiger partial charge >= 0.3 is 6.09 Å². The summed E-state index contributed by atoms with van der Waals surface area (Å²) in [4.78, 5) is 14.4. The van der Waals surface area contributed by atoms with E-state index >= 15 is 0 Å².